The number of esters is 1. The molecule has 1 rings (SSSR count). The van der Waals surface area contributed by atoms with E-state index in [9.17, 15) is 25.2 Å². The number of ether oxygens (including phenoxy) is 4. The third-order valence-corrected chi connectivity index (χ3v) is 12.8. The minimum Gasteiger partial charge on any atom is -0.457 e. The number of rotatable bonds is 49. The smallest absolute Gasteiger partial charge is 0.306 e. The normalized spacial score (nSPS) is 19.5. The fourth-order valence-corrected chi connectivity index (χ4v) is 8.37. The van der Waals surface area contributed by atoms with Crippen LogP contribution in [0.4, 0.5) is 0 Å². The minimum absolute atomic E-state index is 0.126. The molecule has 6 unspecified atom stereocenters. The van der Waals surface area contributed by atoms with E-state index in [-0.39, 0.29) is 19.2 Å². The largest absolute Gasteiger partial charge is 0.457 e. The minimum atomic E-state index is -1.55. The second-order valence-electron chi connectivity index (χ2n) is 19.4. The molecule has 1 aliphatic heterocycles. The maximum Gasteiger partial charge on any atom is 0.306 e. The predicted molar refractivity (Wildman–Crippen MR) is 293 cm³/mol. The molecule has 1 heterocycles. The highest BCUT2D eigenvalue weighted by Gasteiger charge is 2.44. The van der Waals surface area contributed by atoms with Crippen molar-refractivity contribution in [2.24, 2.45) is 0 Å². The average Bonchev–Trinajstić information content (AvgIpc) is 3.36. The maximum atomic E-state index is 12.9. The van der Waals surface area contributed by atoms with Crippen molar-refractivity contribution in [3.8, 4) is 0 Å². The van der Waals surface area contributed by atoms with Crippen LogP contribution in [0, 0.1) is 0 Å². The molecule has 404 valence electrons. The quantitative estimate of drug-likeness (QED) is 0.0267. The van der Waals surface area contributed by atoms with E-state index in [4.69, 9.17) is 18.9 Å². The van der Waals surface area contributed by atoms with Crippen molar-refractivity contribution in [3.63, 3.8) is 0 Å². The van der Waals surface area contributed by atoms with Crippen LogP contribution in [0.1, 0.15) is 232 Å². The monoisotopic (exact) mass is 983 g/mol. The van der Waals surface area contributed by atoms with Crippen LogP contribution in [0.5, 0.6) is 0 Å². The molecule has 4 N–H and O–H groups in total. The molecule has 1 aliphatic rings. The fourth-order valence-electron chi connectivity index (χ4n) is 8.37. The van der Waals surface area contributed by atoms with Gasteiger partial charge in [-0.25, -0.2) is 0 Å². The van der Waals surface area contributed by atoms with Crippen LogP contribution < -0.4 is 0 Å². The zero-order chi connectivity index (χ0) is 50.6. The van der Waals surface area contributed by atoms with Crippen molar-refractivity contribution in [1.29, 1.82) is 0 Å². The van der Waals surface area contributed by atoms with E-state index in [1.54, 1.807) is 0 Å². The molecule has 1 saturated heterocycles. The lowest BCUT2D eigenvalue weighted by molar-refractivity contribution is -0.305. The number of aliphatic hydroxyl groups excluding tert-OH is 4. The molecule has 6 atom stereocenters. The lowest BCUT2D eigenvalue weighted by atomic mass is 9.99. The first-order chi connectivity index (χ1) is 34.4. The van der Waals surface area contributed by atoms with E-state index in [2.05, 4.69) is 98.9 Å². The van der Waals surface area contributed by atoms with E-state index in [1.807, 2.05) is 0 Å². The highest BCUT2D eigenvalue weighted by atomic mass is 16.7. The van der Waals surface area contributed by atoms with Gasteiger partial charge in [-0.1, -0.05) is 221 Å². The van der Waals surface area contributed by atoms with Crippen LogP contribution in [0.2, 0.25) is 0 Å². The van der Waals surface area contributed by atoms with Crippen molar-refractivity contribution in [2.45, 2.75) is 269 Å². The number of carbonyl (C=O) groups is 1. The van der Waals surface area contributed by atoms with Crippen LogP contribution >= 0.6 is 0 Å². The first kappa shape index (κ1) is 65.4. The van der Waals surface area contributed by atoms with Crippen LogP contribution in [0.15, 0.2) is 85.1 Å². The molecule has 1 fully saturated rings. The maximum absolute atomic E-state index is 12.9. The van der Waals surface area contributed by atoms with Crippen LogP contribution in [0.25, 0.3) is 0 Å². The molecule has 0 aliphatic carbocycles. The molecule has 0 aromatic rings. The topological polar surface area (TPSA) is 135 Å². The van der Waals surface area contributed by atoms with Gasteiger partial charge >= 0.3 is 5.97 Å². The number of unbranched alkanes of at least 4 members (excludes halogenated alkanes) is 24. The van der Waals surface area contributed by atoms with Crippen molar-refractivity contribution >= 4 is 5.97 Å². The van der Waals surface area contributed by atoms with Gasteiger partial charge in [0.2, 0.25) is 0 Å². The fraction of sp³-hybridized carbons (Fsp3) is 0.754. The Bertz CT molecular complexity index is 1350. The van der Waals surface area contributed by atoms with Gasteiger partial charge in [0.25, 0.3) is 0 Å². The lowest BCUT2D eigenvalue weighted by Crippen LogP contribution is -2.59. The van der Waals surface area contributed by atoms with Gasteiger partial charge in [-0.3, -0.25) is 4.79 Å². The second-order valence-corrected chi connectivity index (χ2v) is 19.4. The number of hydrogen-bond acceptors (Lipinski definition) is 9. The molecular formula is C61H106O9. The summed E-state index contributed by atoms with van der Waals surface area (Å²) in [5, 5.41) is 40.4. The molecule has 0 radical (unpaired) electrons. The third kappa shape index (κ3) is 40.9. The second kappa shape index (κ2) is 51.3. The Morgan fingerprint density at radius 2 is 0.871 bits per heavy atom. The Morgan fingerprint density at radius 3 is 1.33 bits per heavy atom. The zero-order valence-electron chi connectivity index (χ0n) is 44.7. The molecule has 0 spiro atoms. The van der Waals surface area contributed by atoms with E-state index < -0.39 is 43.4 Å². The van der Waals surface area contributed by atoms with Gasteiger partial charge in [0.1, 0.15) is 30.5 Å². The van der Waals surface area contributed by atoms with E-state index in [0.29, 0.717) is 13.0 Å². The first-order valence-corrected chi connectivity index (χ1v) is 28.7. The molecule has 0 amide bonds. The summed E-state index contributed by atoms with van der Waals surface area (Å²) in [4.78, 5) is 12.9. The highest BCUT2D eigenvalue weighted by molar-refractivity contribution is 5.69. The molecule has 9 nitrogen and oxygen atoms in total. The SMILES string of the molecule is CC/C=C\C/C=C\C/C=C\C/C=C\C/C=C\C/C=C\CCCCCCCOCC(COC1OC(CO)C(O)C(O)C1O)OC(=O)CCCCCCCCCCCCC/C=C\CCCCCCCCCC. The molecule has 9 heteroatoms. The number of aliphatic hydroxyl groups is 4. The summed E-state index contributed by atoms with van der Waals surface area (Å²) < 4.78 is 22.9. The van der Waals surface area contributed by atoms with Crippen LogP contribution in [-0.4, -0.2) is 89.6 Å². The summed E-state index contributed by atoms with van der Waals surface area (Å²) in [6, 6.07) is 0. The van der Waals surface area contributed by atoms with Crippen molar-refractivity contribution < 1.29 is 44.2 Å². The predicted octanol–water partition coefficient (Wildman–Crippen LogP) is 14.9. The van der Waals surface area contributed by atoms with Gasteiger partial charge in [0, 0.05) is 13.0 Å². The van der Waals surface area contributed by atoms with Crippen LogP contribution in [-0.2, 0) is 23.7 Å². The molecule has 0 saturated carbocycles. The number of hydrogen-bond donors (Lipinski definition) is 4. The van der Waals surface area contributed by atoms with Crippen LogP contribution in [0.3, 0.4) is 0 Å². The standard InChI is InChI=1S/C61H106O9/c1-3-5-7-9-11-13-15-17-19-21-23-25-27-29-31-33-35-37-39-41-43-45-47-49-51-67-53-55(54-68-61-60(66)59(65)58(64)56(52-62)70-61)69-57(63)50-48-46-44-42-40-38-36-34-32-30-28-26-24-22-20-18-16-14-12-10-8-6-4-2/h5,7,11,13,17,19,22-25,29,31,35,37,55-56,58-62,64-66H,3-4,6,8-10,12,14-16,18,20-21,26-28,30,32-34,36,38-54H2,1-2H3/b7-5-,13-11-,19-17-,24-22-,25-23-,31-29-,37-35-. The Hall–Kier alpha value is -2.63. The number of allylic oxidation sites excluding steroid dienone is 14. The number of carbonyl (C=O) groups excluding carboxylic acids is 1. The highest BCUT2D eigenvalue weighted by Crippen LogP contribution is 2.23. The third-order valence-electron chi connectivity index (χ3n) is 12.8. The van der Waals surface area contributed by atoms with Gasteiger partial charge in [-0.15, -0.1) is 0 Å². The van der Waals surface area contributed by atoms with E-state index in [0.717, 1.165) is 96.3 Å². The summed E-state index contributed by atoms with van der Waals surface area (Å²) >= 11 is 0. The molecule has 0 aromatic carbocycles. The Morgan fingerprint density at radius 1 is 0.471 bits per heavy atom. The Kier molecular flexibility index (Phi) is 47.9. The van der Waals surface area contributed by atoms with Crippen molar-refractivity contribution in [1.82, 2.24) is 0 Å². The van der Waals surface area contributed by atoms with Gasteiger partial charge in [-0.05, 0) is 89.9 Å². The Balaban J connectivity index is 2.19. The summed E-state index contributed by atoms with van der Waals surface area (Å²) in [7, 11) is 0. The lowest BCUT2D eigenvalue weighted by Gasteiger charge is -2.39. The Labute approximate surface area is 429 Å². The summed E-state index contributed by atoms with van der Waals surface area (Å²) in [6.45, 7) is 4.41. The summed E-state index contributed by atoms with van der Waals surface area (Å²) in [5.74, 6) is -0.322. The molecule has 0 aromatic heterocycles. The zero-order valence-corrected chi connectivity index (χ0v) is 44.7. The van der Waals surface area contributed by atoms with E-state index >= 15 is 0 Å². The van der Waals surface area contributed by atoms with Gasteiger partial charge in [0.15, 0.2) is 6.29 Å². The first-order valence-electron chi connectivity index (χ1n) is 28.7. The average molecular weight is 984 g/mol. The summed E-state index contributed by atoms with van der Waals surface area (Å²) in [5.41, 5.74) is 0. The van der Waals surface area contributed by atoms with Gasteiger partial charge < -0.3 is 39.4 Å². The van der Waals surface area contributed by atoms with E-state index in [1.165, 1.54) is 116 Å². The van der Waals surface area contributed by atoms with Crippen molar-refractivity contribution in [3.05, 3.63) is 85.1 Å². The van der Waals surface area contributed by atoms with Crippen molar-refractivity contribution in [2.75, 3.05) is 26.4 Å². The van der Waals surface area contributed by atoms with Gasteiger partial charge in [-0.2, -0.15) is 0 Å². The summed E-state index contributed by atoms with van der Waals surface area (Å²) in [6.07, 6.45) is 63.4. The van der Waals surface area contributed by atoms with Gasteiger partial charge in [0.05, 0.1) is 19.8 Å². The molecule has 0 bridgehead atoms. The molecular weight excluding hydrogens is 877 g/mol. The molecule has 70 heavy (non-hydrogen) atoms.